The van der Waals surface area contributed by atoms with E-state index in [2.05, 4.69) is 5.32 Å². The number of benzene rings is 1. The normalized spacial score (nSPS) is 11.9. The number of hydrogen-bond donors (Lipinski definition) is 2. The minimum Gasteiger partial charge on any atom is -0.481 e. The molecule has 0 aliphatic rings. The zero-order chi connectivity index (χ0) is 17.6. The molecule has 1 atom stereocenters. The van der Waals surface area contributed by atoms with Crippen LogP contribution >= 0.6 is 22.7 Å². The summed E-state index contributed by atoms with van der Waals surface area (Å²) in [5, 5.41) is 14.8. The van der Waals surface area contributed by atoms with Crippen molar-refractivity contribution in [2.24, 2.45) is 0 Å². The lowest BCUT2D eigenvalue weighted by atomic mass is 10.3. The standard InChI is InChI=1S/C18H16FNO3S2/c19-12-4-1-2-5-14(12)23-11-18(22)20-10-13(21)15-7-8-17(25-15)16-6-3-9-24-16/h1-9,13,21H,10-11H2,(H,20,22)/t13-/m0/s1. The van der Waals surface area contributed by atoms with Crippen LogP contribution in [0.15, 0.2) is 53.9 Å². The number of aliphatic hydroxyl groups is 1. The number of amides is 1. The molecular weight excluding hydrogens is 361 g/mol. The third kappa shape index (κ3) is 4.66. The highest BCUT2D eigenvalue weighted by Crippen LogP contribution is 2.33. The molecule has 4 nitrogen and oxygen atoms in total. The van der Waals surface area contributed by atoms with E-state index in [9.17, 15) is 14.3 Å². The number of thiophene rings is 2. The molecule has 3 rings (SSSR count). The van der Waals surface area contributed by atoms with Crippen LogP contribution in [-0.2, 0) is 4.79 Å². The van der Waals surface area contributed by atoms with Gasteiger partial charge in [-0.25, -0.2) is 4.39 Å². The van der Waals surface area contributed by atoms with Crippen LogP contribution in [0.1, 0.15) is 11.0 Å². The highest BCUT2D eigenvalue weighted by molar-refractivity contribution is 7.21. The molecular formula is C18H16FNO3S2. The molecule has 0 saturated heterocycles. The Hall–Kier alpha value is -2.22. The van der Waals surface area contributed by atoms with Crippen molar-refractivity contribution in [2.45, 2.75) is 6.10 Å². The first kappa shape index (κ1) is 17.6. The Labute approximate surface area is 152 Å². The fourth-order valence-electron chi connectivity index (χ4n) is 2.15. The monoisotopic (exact) mass is 377 g/mol. The van der Waals surface area contributed by atoms with Crippen molar-refractivity contribution in [3.8, 4) is 15.5 Å². The number of rotatable bonds is 7. The number of aliphatic hydroxyl groups excluding tert-OH is 1. The van der Waals surface area contributed by atoms with Crippen LogP contribution in [0.2, 0.25) is 0 Å². The molecule has 7 heteroatoms. The topological polar surface area (TPSA) is 58.6 Å². The van der Waals surface area contributed by atoms with E-state index in [4.69, 9.17) is 4.74 Å². The van der Waals surface area contributed by atoms with Crippen molar-refractivity contribution >= 4 is 28.6 Å². The molecule has 0 spiro atoms. The Balaban J connectivity index is 1.48. The van der Waals surface area contributed by atoms with Crippen molar-refractivity contribution in [3.05, 3.63) is 64.6 Å². The van der Waals surface area contributed by atoms with Crippen LogP contribution in [0.5, 0.6) is 5.75 Å². The van der Waals surface area contributed by atoms with Crippen molar-refractivity contribution in [1.82, 2.24) is 5.32 Å². The second-order valence-electron chi connectivity index (χ2n) is 5.22. The fraction of sp³-hybridized carbons (Fsp3) is 0.167. The molecule has 0 bridgehead atoms. The maximum atomic E-state index is 13.4. The second kappa shape index (κ2) is 8.24. The predicted molar refractivity (Wildman–Crippen MR) is 97.5 cm³/mol. The molecule has 25 heavy (non-hydrogen) atoms. The lowest BCUT2D eigenvalue weighted by Crippen LogP contribution is -2.32. The third-order valence-corrected chi connectivity index (χ3v) is 5.66. The molecule has 3 aromatic rings. The Kier molecular flexibility index (Phi) is 5.80. The average molecular weight is 377 g/mol. The molecule has 2 N–H and O–H groups in total. The summed E-state index contributed by atoms with van der Waals surface area (Å²) in [5.41, 5.74) is 0. The molecule has 0 fully saturated rings. The Bertz CT molecular complexity index is 832. The largest absolute Gasteiger partial charge is 0.481 e. The van der Waals surface area contributed by atoms with Gasteiger partial charge in [-0.3, -0.25) is 4.79 Å². The van der Waals surface area contributed by atoms with Crippen LogP contribution < -0.4 is 10.1 Å². The molecule has 0 aliphatic heterocycles. The minimum atomic E-state index is -0.795. The van der Waals surface area contributed by atoms with E-state index in [-0.39, 0.29) is 18.9 Å². The van der Waals surface area contributed by atoms with E-state index in [0.29, 0.717) is 0 Å². The first-order valence-electron chi connectivity index (χ1n) is 7.59. The van der Waals surface area contributed by atoms with E-state index in [1.54, 1.807) is 23.5 Å². The smallest absolute Gasteiger partial charge is 0.258 e. The van der Waals surface area contributed by atoms with Gasteiger partial charge in [-0.15, -0.1) is 22.7 Å². The summed E-state index contributed by atoms with van der Waals surface area (Å²) >= 11 is 3.13. The van der Waals surface area contributed by atoms with Crippen LogP contribution in [0.25, 0.3) is 9.75 Å². The molecule has 0 unspecified atom stereocenters. The first-order valence-corrected chi connectivity index (χ1v) is 9.29. The van der Waals surface area contributed by atoms with Crippen LogP contribution in [-0.4, -0.2) is 24.2 Å². The van der Waals surface area contributed by atoms with Gasteiger partial charge in [-0.2, -0.15) is 0 Å². The number of nitrogens with one attached hydrogen (secondary N) is 1. The van der Waals surface area contributed by atoms with Gasteiger partial charge in [0.2, 0.25) is 0 Å². The van der Waals surface area contributed by atoms with Crippen LogP contribution in [0, 0.1) is 5.82 Å². The molecule has 0 radical (unpaired) electrons. The summed E-state index contributed by atoms with van der Waals surface area (Å²) in [7, 11) is 0. The van der Waals surface area contributed by atoms with E-state index >= 15 is 0 Å². The average Bonchev–Trinajstić information content (AvgIpc) is 3.30. The summed E-state index contributed by atoms with van der Waals surface area (Å²) in [6.45, 7) is -0.234. The van der Waals surface area contributed by atoms with Crippen LogP contribution in [0.3, 0.4) is 0 Å². The third-order valence-electron chi connectivity index (χ3n) is 3.41. The molecule has 2 aromatic heterocycles. The lowest BCUT2D eigenvalue weighted by molar-refractivity contribution is -0.123. The Morgan fingerprint density at radius 1 is 1.16 bits per heavy atom. The molecule has 0 aliphatic carbocycles. The SMILES string of the molecule is O=C(COc1ccccc1F)NC[C@H](O)c1ccc(-c2cccs2)s1. The molecule has 0 saturated carbocycles. The van der Waals surface area contributed by atoms with Crippen molar-refractivity contribution in [1.29, 1.82) is 0 Å². The zero-order valence-electron chi connectivity index (χ0n) is 13.1. The van der Waals surface area contributed by atoms with E-state index in [0.717, 1.165) is 14.6 Å². The molecule has 130 valence electrons. The number of carbonyl (C=O) groups excluding carboxylic acids is 1. The maximum absolute atomic E-state index is 13.4. The van der Waals surface area contributed by atoms with Gasteiger partial charge in [0.05, 0.1) is 0 Å². The lowest BCUT2D eigenvalue weighted by Gasteiger charge is -2.11. The number of hydrogen-bond acceptors (Lipinski definition) is 5. The summed E-state index contributed by atoms with van der Waals surface area (Å²) in [5.74, 6) is -0.913. The van der Waals surface area contributed by atoms with Gasteiger partial charge in [0.25, 0.3) is 5.91 Å². The van der Waals surface area contributed by atoms with Gasteiger partial charge in [-0.1, -0.05) is 18.2 Å². The summed E-state index contributed by atoms with van der Waals surface area (Å²) in [4.78, 5) is 14.8. The number of carbonyl (C=O) groups is 1. The minimum absolute atomic E-state index is 0.0250. The van der Waals surface area contributed by atoms with Gasteiger partial charge >= 0.3 is 0 Å². The summed E-state index contributed by atoms with van der Waals surface area (Å²) < 4.78 is 18.5. The van der Waals surface area contributed by atoms with Crippen molar-refractivity contribution in [2.75, 3.05) is 13.2 Å². The van der Waals surface area contributed by atoms with Crippen LogP contribution in [0.4, 0.5) is 4.39 Å². The van der Waals surface area contributed by atoms with Crippen molar-refractivity contribution in [3.63, 3.8) is 0 Å². The molecule has 1 amide bonds. The van der Waals surface area contributed by atoms with Gasteiger partial charge in [0.1, 0.15) is 6.10 Å². The second-order valence-corrected chi connectivity index (χ2v) is 7.28. The van der Waals surface area contributed by atoms with E-state index in [1.165, 1.54) is 23.5 Å². The molecule has 1 aromatic carbocycles. The molecule has 2 heterocycles. The van der Waals surface area contributed by atoms with Gasteiger partial charge in [0, 0.05) is 21.2 Å². The zero-order valence-corrected chi connectivity index (χ0v) is 14.8. The number of halogens is 1. The van der Waals surface area contributed by atoms with Gasteiger partial charge in [-0.05, 0) is 35.7 Å². The van der Waals surface area contributed by atoms with E-state index in [1.807, 2.05) is 29.6 Å². The fourth-order valence-corrected chi connectivity index (χ4v) is 3.98. The highest BCUT2D eigenvalue weighted by atomic mass is 32.1. The Morgan fingerprint density at radius 2 is 2.00 bits per heavy atom. The summed E-state index contributed by atoms with van der Waals surface area (Å²) in [6.07, 6.45) is -0.795. The Morgan fingerprint density at radius 3 is 2.76 bits per heavy atom. The number of ether oxygens (including phenoxy) is 1. The predicted octanol–water partition coefficient (Wildman–Crippen LogP) is 3.84. The summed E-state index contributed by atoms with van der Waals surface area (Å²) in [6, 6.07) is 13.7. The first-order chi connectivity index (χ1) is 12.1. The maximum Gasteiger partial charge on any atom is 0.258 e. The van der Waals surface area contributed by atoms with Gasteiger partial charge in [0.15, 0.2) is 18.2 Å². The van der Waals surface area contributed by atoms with E-state index < -0.39 is 17.8 Å². The quantitative estimate of drug-likeness (QED) is 0.658. The highest BCUT2D eigenvalue weighted by Gasteiger charge is 2.14. The van der Waals surface area contributed by atoms with Crippen molar-refractivity contribution < 1.29 is 19.0 Å². The van der Waals surface area contributed by atoms with Gasteiger partial charge < -0.3 is 15.2 Å². The number of para-hydroxylation sites is 1.